The topological polar surface area (TPSA) is 103 Å². The number of amides is 1. The third-order valence-corrected chi connectivity index (χ3v) is 8.95. The second-order valence-corrected chi connectivity index (χ2v) is 10.7. The molecule has 0 radical (unpaired) electrons. The minimum Gasteiger partial charge on any atom is -0.493 e. The van der Waals surface area contributed by atoms with Gasteiger partial charge in [-0.3, -0.25) is 4.79 Å². The summed E-state index contributed by atoms with van der Waals surface area (Å²) in [5, 5.41) is 3.97. The van der Waals surface area contributed by atoms with Crippen LogP contribution >= 0.6 is 0 Å². The number of aromatic nitrogens is 2. The molecule has 2 aliphatic heterocycles. The normalized spacial score (nSPS) is 20.5. The Balaban J connectivity index is 1.40. The lowest BCUT2D eigenvalue weighted by Crippen LogP contribution is -2.67. The zero-order valence-electron chi connectivity index (χ0n) is 17.9. The second-order valence-electron chi connectivity index (χ2n) is 8.28. The van der Waals surface area contributed by atoms with E-state index in [4.69, 9.17) is 9.26 Å². The lowest BCUT2D eigenvalue weighted by atomic mass is 9.82. The van der Waals surface area contributed by atoms with Gasteiger partial charge in [-0.1, -0.05) is 17.3 Å². The Labute approximate surface area is 190 Å². The van der Waals surface area contributed by atoms with Crippen molar-refractivity contribution in [2.75, 3.05) is 25.4 Å². The maximum absolute atomic E-state index is 13.2. The summed E-state index contributed by atoms with van der Waals surface area (Å²) >= 11 is 0. The van der Waals surface area contributed by atoms with Crippen LogP contribution in [0.5, 0.6) is 5.75 Å². The van der Waals surface area contributed by atoms with Crippen molar-refractivity contribution in [3.05, 3.63) is 65.8 Å². The highest BCUT2D eigenvalue weighted by molar-refractivity contribution is 7.93. The highest BCUT2D eigenvalue weighted by atomic mass is 32.2. The lowest BCUT2D eigenvalue weighted by Gasteiger charge is -2.49. The summed E-state index contributed by atoms with van der Waals surface area (Å²) in [4.78, 5) is 19.0. The van der Waals surface area contributed by atoms with Gasteiger partial charge in [0.05, 0.1) is 23.8 Å². The molecule has 1 aromatic heterocycles. The fourth-order valence-corrected chi connectivity index (χ4v) is 6.96. The zero-order valence-corrected chi connectivity index (χ0v) is 18.7. The maximum Gasteiger partial charge on any atom is 0.257 e. The number of carbonyl (C=O) groups excluding carboxylic acids is 1. The van der Waals surface area contributed by atoms with Crippen molar-refractivity contribution in [3.8, 4) is 17.1 Å². The molecule has 5 rings (SSSR count). The Morgan fingerprint density at radius 3 is 2.67 bits per heavy atom. The minimum atomic E-state index is -3.48. The number of nitrogens with zero attached hydrogens (tertiary/aromatic N) is 3. The van der Waals surface area contributed by atoms with Crippen LogP contribution in [-0.4, -0.2) is 59.6 Å². The smallest absolute Gasteiger partial charge is 0.257 e. The van der Waals surface area contributed by atoms with E-state index in [1.807, 2.05) is 6.92 Å². The van der Waals surface area contributed by atoms with Crippen molar-refractivity contribution in [1.82, 2.24) is 15.0 Å². The van der Waals surface area contributed by atoms with Crippen molar-refractivity contribution in [2.24, 2.45) is 0 Å². The lowest BCUT2D eigenvalue weighted by molar-refractivity contribution is 0.0500. The summed E-state index contributed by atoms with van der Waals surface area (Å²) in [7, 11) is -3.48. The first kappa shape index (κ1) is 21.6. The monoisotopic (exact) mass is 471 g/mol. The third kappa shape index (κ3) is 3.49. The number of para-hydroxylation sites is 1. The molecule has 1 unspecified atom stereocenters. The summed E-state index contributed by atoms with van der Waals surface area (Å²) in [6.07, 6.45) is 0.338. The average molecular weight is 472 g/mol. The molecule has 3 aromatic rings. The molecular formula is C23H22FN3O5S. The summed E-state index contributed by atoms with van der Waals surface area (Å²) in [5.74, 6) is -0.229. The predicted molar refractivity (Wildman–Crippen MR) is 117 cm³/mol. The van der Waals surface area contributed by atoms with Crippen molar-refractivity contribution in [1.29, 1.82) is 0 Å². The Morgan fingerprint density at radius 2 is 1.94 bits per heavy atom. The molecule has 2 aliphatic rings. The van der Waals surface area contributed by atoms with Crippen molar-refractivity contribution in [3.63, 3.8) is 0 Å². The highest BCUT2D eigenvalue weighted by Gasteiger charge is 2.64. The standard InChI is InChI=1S/C23H22FN3O5S/c1-2-31-19-6-4-3-5-17(19)22(28)27-13-23(14-27)18(11-12-33(23,29)30)21-25-20(26-32-21)15-7-9-16(24)10-8-15/h3-10,18H,2,11-14H2,1H3. The molecule has 0 saturated carbocycles. The molecular weight excluding hydrogens is 449 g/mol. The van der Waals surface area contributed by atoms with Gasteiger partial charge in [-0.2, -0.15) is 4.98 Å². The molecule has 1 spiro atoms. The molecule has 1 amide bonds. The molecule has 0 aliphatic carbocycles. The van der Waals surface area contributed by atoms with E-state index in [1.54, 1.807) is 24.3 Å². The number of ether oxygens (including phenoxy) is 1. The van der Waals surface area contributed by atoms with Crippen LogP contribution in [0.4, 0.5) is 4.39 Å². The van der Waals surface area contributed by atoms with Gasteiger partial charge in [-0.25, -0.2) is 12.8 Å². The second kappa shape index (κ2) is 7.95. The first-order chi connectivity index (χ1) is 15.8. The molecule has 172 valence electrons. The SMILES string of the molecule is CCOc1ccccc1C(=O)N1CC2(C1)C(c1nc(-c3ccc(F)cc3)no1)CCS2(=O)=O. The van der Waals surface area contributed by atoms with Gasteiger partial charge in [0.2, 0.25) is 11.7 Å². The van der Waals surface area contributed by atoms with Crippen LogP contribution in [0.1, 0.15) is 35.5 Å². The van der Waals surface area contributed by atoms with Crippen LogP contribution < -0.4 is 4.74 Å². The zero-order chi connectivity index (χ0) is 23.2. The highest BCUT2D eigenvalue weighted by Crippen LogP contribution is 2.50. The minimum absolute atomic E-state index is 0.0104. The van der Waals surface area contributed by atoms with Gasteiger partial charge in [-0.05, 0) is 49.7 Å². The molecule has 8 nitrogen and oxygen atoms in total. The fraction of sp³-hybridized carbons (Fsp3) is 0.348. The number of hydrogen-bond donors (Lipinski definition) is 0. The van der Waals surface area contributed by atoms with Crippen LogP contribution in [0.3, 0.4) is 0 Å². The van der Waals surface area contributed by atoms with Crippen LogP contribution in [0.15, 0.2) is 53.1 Å². The summed E-state index contributed by atoms with van der Waals surface area (Å²) in [6.45, 7) is 2.35. The molecule has 3 heterocycles. The summed E-state index contributed by atoms with van der Waals surface area (Å²) in [5.41, 5.74) is 0.969. The van der Waals surface area contributed by atoms with Crippen LogP contribution in [0.2, 0.25) is 0 Å². The number of carbonyl (C=O) groups is 1. The fourth-order valence-electron chi connectivity index (χ4n) is 4.65. The van der Waals surface area contributed by atoms with E-state index in [1.165, 1.54) is 29.2 Å². The Bertz CT molecular complexity index is 1300. The number of hydrogen-bond acceptors (Lipinski definition) is 7. The molecule has 2 fully saturated rings. The maximum atomic E-state index is 13.2. The van der Waals surface area contributed by atoms with Crippen LogP contribution in [0, 0.1) is 5.82 Å². The first-order valence-electron chi connectivity index (χ1n) is 10.7. The quantitative estimate of drug-likeness (QED) is 0.563. The van der Waals surface area contributed by atoms with E-state index in [-0.39, 0.29) is 42.3 Å². The summed E-state index contributed by atoms with van der Waals surface area (Å²) < 4.78 is 49.1. The Hall–Kier alpha value is -3.27. The molecule has 0 N–H and O–H groups in total. The first-order valence-corrected chi connectivity index (χ1v) is 12.3. The largest absolute Gasteiger partial charge is 0.493 e. The Kier molecular flexibility index (Phi) is 5.19. The van der Waals surface area contributed by atoms with E-state index in [0.717, 1.165) is 0 Å². The van der Waals surface area contributed by atoms with E-state index >= 15 is 0 Å². The van der Waals surface area contributed by atoms with Crippen LogP contribution in [-0.2, 0) is 9.84 Å². The van der Waals surface area contributed by atoms with Crippen molar-refractivity contribution >= 4 is 15.7 Å². The molecule has 33 heavy (non-hydrogen) atoms. The molecule has 2 saturated heterocycles. The Morgan fingerprint density at radius 1 is 1.21 bits per heavy atom. The van der Waals surface area contributed by atoms with Gasteiger partial charge in [0.1, 0.15) is 16.3 Å². The van der Waals surface area contributed by atoms with Gasteiger partial charge in [-0.15, -0.1) is 0 Å². The average Bonchev–Trinajstić information content (AvgIpc) is 3.35. The molecule has 1 atom stereocenters. The molecule has 0 bridgehead atoms. The number of likely N-dealkylation sites (tertiary alicyclic amines) is 1. The van der Waals surface area contributed by atoms with Crippen molar-refractivity contribution in [2.45, 2.75) is 24.0 Å². The van der Waals surface area contributed by atoms with E-state index in [0.29, 0.717) is 29.9 Å². The predicted octanol–water partition coefficient (Wildman–Crippen LogP) is 3.07. The van der Waals surface area contributed by atoms with E-state index < -0.39 is 20.5 Å². The third-order valence-electron chi connectivity index (χ3n) is 6.39. The van der Waals surface area contributed by atoms with Crippen LogP contribution in [0.25, 0.3) is 11.4 Å². The van der Waals surface area contributed by atoms with Gasteiger partial charge in [0.15, 0.2) is 9.84 Å². The number of sulfone groups is 1. The number of rotatable bonds is 5. The summed E-state index contributed by atoms with van der Waals surface area (Å²) in [6, 6.07) is 12.6. The van der Waals surface area contributed by atoms with Gasteiger partial charge >= 0.3 is 0 Å². The molecule has 2 aromatic carbocycles. The van der Waals surface area contributed by atoms with E-state index in [9.17, 15) is 17.6 Å². The van der Waals surface area contributed by atoms with E-state index in [2.05, 4.69) is 10.1 Å². The molecule has 10 heteroatoms. The number of benzene rings is 2. The van der Waals surface area contributed by atoms with Gasteiger partial charge in [0.25, 0.3) is 5.91 Å². The number of halogens is 1. The van der Waals surface area contributed by atoms with Crippen molar-refractivity contribution < 1.29 is 26.9 Å². The van der Waals surface area contributed by atoms with Gasteiger partial charge in [0, 0.05) is 18.7 Å². The van der Waals surface area contributed by atoms with Gasteiger partial charge < -0.3 is 14.2 Å².